The van der Waals surface area contributed by atoms with E-state index in [0.717, 1.165) is 21.9 Å². The van der Waals surface area contributed by atoms with Crippen LogP contribution >= 0.6 is 0 Å². The number of furan rings is 1. The Morgan fingerprint density at radius 3 is 1.67 bits per heavy atom. The van der Waals surface area contributed by atoms with Crippen LogP contribution in [0, 0.1) is 0 Å². The largest absolute Gasteiger partial charge is 0.456 e. The molecule has 0 radical (unpaired) electrons. The van der Waals surface area contributed by atoms with E-state index in [1.807, 2.05) is 48.5 Å². The van der Waals surface area contributed by atoms with Gasteiger partial charge in [0, 0.05) is 27.5 Å². The van der Waals surface area contributed by atoms with Crippen molar-refractivity contribution in [3.63, 3.8) is 0 Å². The summed E-state index contributed by atoms with van der Waals surface area (Å²) in [5.74, 6) is 0.585. The van der Waals surface area contributed by atoms with E-state index in [9.17, 15) is 0 Å². The maximum Gasteiger partial charge on any atom is 0.164 e. The van der Waals surface area contributed by atoms with Crippen molar-refractivity contribution in [2.45, 2.75) is 0 Å². The average molecular weight is 631 g/mol. The number of hydrogen-bond donors (Lipinski definition) is 0. The molecule has 0 spiro atoms. The first-order valence-corrected chi connectivity index (χ1v) is 16.0. The van der Waals surface area contributed by atoms with E-state index in [2.05, 4.69) is 89.9 Å². The van der Waals surface area contributed by atoms with Gasteiger partial charge in [0.1, 0.15) is 11.2 Å². The first-order valence-electron chi connectivity index (χ1n) is 18.5. The number of fused-ring (bicyclic) bond motifs is 9. The normalized spacial score (nSPS) is 13.1. The van der Waals surface area contributed by atoms with Crippen molar-refractivity contribution in [1.29, 1.82) is 0 Å². The van der Waals surface area contributed by atoms with Crippen molar-refractivity contribution >= 4 is 54.3 Å². The highest BCUT2D eigenvalue weighted by Crippen LogP contribution is 2.40. The molecule has 8 aromatic carbocycles. The quantitative estimate of drug-likeness (QED) is 0.182. The summed E-state index contributed by atoms with van der Waals surface area (Å²) in [6, 6.07) is 42.8. The molecular weight excluding hydrogens is 599 g/mol. The Labute approximate surface area is 289 Å². The minimum Gasteiger partial charge on any atom is -0.456 e. The Hall–Kier alpha value is -6.65. The Morgan fingerprint density at radius 1 is 0.388 bits per heavy atom. The van der Waals surface area contributed by atoms with Crippen molar-refractivity contribution in [2.75, 3.05) is 0 Å². The van der Waals surface area contributed by atoms with Crippen LogP contribution in [0.4, 0.5) is 0 Å². The third-order valence-corrected chi connectivity index (χ3v) is 9.21. The van der Waals surface area contributed by atoms with Crippen molar-refractivity contribution in [3.8, 4) is 45.3 Å². The predicted octanol–water partition coefficient (Wildman–Crippen LogP) is 11.9. The zero-order chi connectivity index (χ0) is 36.7. The second kappa shape index (κ2) is 11.0. The Morgan fingerprint density at radius 2 is 0.959 bits per heavy atom. The molecule has 4 heteroatoms. The van der Waals surface area contributed by atoms with Crippen molar-refractivity contribution < 1.29 is 11.3 Å². The van der Waals surface area contributed by atoms with Gasteiger partial charge in [0.15, 0.2) is 17.5 Å². The molecule has 0 aliphatic carbocycles. The molecule has 0 N–H and O–H groups in total. The molecule has 0 saturated heterocycles. The maximum absolute atomic E-state index is 8.66. The molecule has 0 bridgehead atoms. The number of rotatable bonds is 4. The van der Waals surface area contributed by atoms with Gasteiger partial charge < -0.3 is 4.42 Å². The molecular formula is C45H27N3O. The van der Waals surface area contributed by atoms with E-state index in [0.29, 0.717) is 28.1 Å². The highest BCUT2D eigenvalue weighted by Gasteiger charge is 2.18. The van der Waals surface area contributed by atoms with E-state index < -0.39 is 18.1 Å². The van der Waals surface area contributed by atoms with Gasteiger partial charge in [-0.15, -0.1) is 0 Å². The van der Waals surface area contributed by atoms with Crippen LogP contribution in [0.25, 0.3) is 99.5 Å². The summed E-state index contributed by atoms with van der Waals surface area (Å²) in [5.41, 5.74) is 4.68. The predicted molar refractivity (Wildman–Crippen MR) is 201 cm³/mol. The van der Waals surface area contributed by atoms with Gasteiger partial charge in [0.2, 0.25) is 0 Å². The van der Waals surface area contributed by atoms with Gasteiger partial charge in [-0.3, -0.25) is 0 Å². The summed E-state index contributed by atoms with van der Waals surface area (Å²) in [6.45, 7) is 0. The third kappa shape index (κ3) is 4.49. The molecule has 2 heterocycles. The van der Waals surface area contributed by atoms with Crippen LogP contribution in [0.3, 0.4) is 0 Å². The highest BCUT2D eigenvalue weighted by atomic mass is 16.3. The second-order valence-electron chi connectivity index (χ2n) is 12.0. The minimum atomic E-state index is -0.481. The summed E-state index contributed by atoms with van der Waals surface area (Å²) in [4.78, 5) is 14.3. The lowest BCUT2D eigenvalue weighted by atomic mass is 9.92. The standard InChI is InChI=1S/C45H27N3O/c1-3-12-28(13-4-1)43-46-44(29-14-5-2-6-15-29)48-45(47-43)38-20-11-21-40-42(38)37-25-23-31(27-41(37)49-40)30-22-24-36-34-18-8-7-16-32(34)33-17-9-10-19-35(33)39(36)26-30/h1-27H/i1D,3D,4D,12D,13D. The third-order valence-electron chi connectivity index (χ3n) is 9.21. The van der Waals surface area contributed by atoms with Crippen LogP contribution in [0.5, 0.6) is 0 Å². The van der Waals surface area contributed by atoms with Gasteiger partial charge in [-0.25, -0.2) is 15.0 Å². The average Bonchev–Trinajstić information content (AvgIpc) is 3.61. The van der Waals surface area contributed by atoms with Gasteiger partial charge in [-0.05, 0) is 67.7 Å². The SMILES string of the molecule is [2H]c1c([2H])c([2H])c(-c2nc(-c3ccccc3)nc(-c3cccc4oc5cc(-c6ccc7c8ccccc8c8ccccc8c7c6)ccc5c34)n2)c([2H])c1[2H]. The number of benzene rings is 8. The van der Waals surface area contributed by atoms with E-state index in [1.165, 1.54) is 32.3 Å². The molecule has 10 rings (SSSR count). The first kappa shape index (κ1) is 22.8. The van der Waals surface area contributed by atoms with E-state index in [-0.39, 0.29) is 29.3 Å². The molecule has 0 atom stereocenters. The fraction of sp³-hybridized carbons (Fsp3) is 0. The summed E-state index contributed by atoms with van der Waals surface area (Å²) < 4.78 is 48.5. The van der Waals surface area contributed by atoms with Gasteiger partial charge in [-0.2, -0.15) is 0 Å². The molecule has 0 aliphatic heterocycles. The van der Waals surface area contributed by atoms with Gasteiger partial charge in [0.05, 0.1) is 6.85 Å². The summed E-state index contributed by atoms with van der Waals surface area (Å²) >= 11 is 0. The molecule has 0 aliphatic rings. The van der Waals surface area contributed by atoms with Crippen molar-refractivity contribution in [2.24, 2.45) is 0 Å². The molecule has 228 valence electrons. The zero-order valence-electron chi connectivity index (χ0n) is 31.0. The fourth-order valence-corrected chi connectivity index (χ4v) is 6.97. The molecule has 0 unspecified atom stereocenters. The number of nitrogens with zero attached hydrogens (tertiary/aromatic N) is 3. The van der Waals surface area contributed by atoms with Gasteiger partial charge in [0.25, 0.3) is 0 Å². The van der Waals surface area contributed by atoms with Crippen molar-refractivity contribution in [1.82, 2.24) is 15.0 Å². The lowest BCUT2D eigenvalue weighted by Crippen LogP contribution is -2.00. The maximum atomic E-state index is 8.66. The van der Waals surface area contributed by atoms with Crippen LogP contribution in [0.15, 0.2) is 168 Å². The van der Waals surface area contributed by atoms with Crippen LogP contribution in [0.2, 0.25) is 0 Å². The van der Waals surface area contributed by atoms with Crippen molar-refractivity contribution in [3.05, 3.63) is 164 Å². The first-order chi connectivity index (χ1) is 26.4. The van der Waals surface area contributed by atoms with Crippen LogP contribution in [-0.2, 0) is 0 Å². The molecule has 0 fully saturated rings. The Kier molecular flexibility index (Phi) is 5.10. The summed E-state index contributed by atoms with van der Waals surface area (Å²) in [7, 11) is 0. The van der Waals surface area contributed by atoms with E-state index in [4.69, 9.17) is 21.2 Å². The van der Waals surface area contributed by atoms with Gasteiger partial charge >= 0.3 is 0 Å². The van der Waals surface area contributed by atoms with E-state index >= 15 is 0 Å². The molecule has 0 amide bonds. The molecule has 0 saturated carbocycles. The van der Waals surface area contributed by atoms with Crippen LogP contribution < -0.4 is 0 Å². The lowest BCUT2D eigenvalue weighted by Gasteiger charge is -2.12. The summed E-state index contributed by atoms with van der Waals surface area (Å²) in [6.07, 6.45) is 0. The molecule has 2 aromatic heterocycles. The Bertz CT molecular complexity index is 3120. The number of hydrogen-bond acceptors (Lipinski definition) is 4. The molecule has 49 heavy (non-hydrogen) atoms. The number of aromatic nitrogens is 3. The smallest absolute Gasteiger partial charge is 0.164 e. The monoisotopic (exact) mass is 630 g/mol. The summed E-state index contributed by atoms with van der Waals surface area (Å²) in [5, 5.41) is 8.95. The van der Waals surface area contributed by atoms with Crippen LogP contribution in [-0.4, -0.2) is 15.0 Å². The zero-order valence-corrected chi connectivity index (χ0v) is 26.0. The molecule has 4 nitrogen and oxygen atoms in total. The Balaban J connectivity index is 1.16. The topological polar surface area (TPSA) is 51.8 Å². The van der Waals surface area contributed by atoms with Crippen LogP contribution in [0.1, 0.15) is 6.85 Å². The van der Waals surface area contributed by atoms with E-state index in [1.54, 1.807) is 0 Å². The lowest BCUT2D eigenvalue weighted by molar-refractivity contribution is 0.669. The highest BCUT2D eigenvalue weighted by molar-refractivity contribution is 6.25. The van der Waals surface area contributed by atoms with Gasteiger partial charge in [-0.1, -0.05) is 139 Å². The fourth-order valence-electron chi connectivity index (χ4n) is 6.97. The second-order valence-corrected chi connectivity index (χ2v) is 12.0. The minimum absolute atomic E-state index is 0.0143. The molecule has 10 aromatic rings.